The summed E-state index contributed by atoms with van der Waals surface area (Å²) in [7, 11) is 0. The molecule has 0 aliphatic carbocycles. The van der Waals surface area contributed by atoms with Crippen LogP contribution in [0.15, 0.2) is 48.5 Å². The molecule has 1 heterocycles. The lowest BCUT2D eigenvalue weighted by Crippen LogP contribution is -2.53. The van der Waals surface area contributed by atoms with E-state index in [4.69, 9.17) is 0 Å². The number of carbonyl (C=O) groups is 5. The molecule has 5 N–H and O–H groups in total. The lowest BCUT2D eigenvalue weighted by Gasteiger charge is -2.28. The second kappa shape index (κ2) is 18.8. The minimum Gasteiger partial charge on any atom is -0.355 e. The molecule has 0 saturated carbocycles. The average molecular weight is 649 g/mol. The summed E-state index contributed by atoms with van der Waals surface area (Å²) in [5, 5.41) is 14.8. The van der Waals surface area contributed by atoms with Gasteiger partial charge in [0.25, 0.3) is 11.8 Å². The summed E-state index contributed by atoms with van der Waals surface area (Å²) in [5.41, 5.74) is 2.04. The van der Waals surface area contributed by atoms with Crippen LogP contribution in [0.3, 0.4) is 0 Å². The molecule has 0 bridgehead atoms. The molecular formula is C36H52N6O5. The highest BCUT2D eigenvalue weighted by atomic mass is 16.2. The van der Waals surface area contributed by atoms with Crippen molar-refractivity contribution < 1.29 is 24.0 Å². The molecule has 256 valence electrons. The van der Waals surface area contributed by atoms with Crippen molar-refractivity contribution in [3.63, 3.8) is 0 Å². The molecule has 3 rings (SSSR count). The number of amides is 5. The van der Waals surface area contributed by atoms with Crippen LogP contribution >= 0.6 is 0 Å². The molecule has 11 nitrogen and oxygen atoms in total. The van der Waals surface area contributed by atoms with Crippen LogP contribution in [0, 0.1) is 0 Å². The van der Waals surface area contributed by atoms with E-state index in [1.54, 1.807) is 30.0 Å². The van der Waals surface area contributed by atoms with E-state index in [0.717, 1.165) is 31.2 Å². The van der Waals surface area contributed by atoms with E-state index >= 15 is 0 Å². The molecule has 1 aliphatic rings. The molecule has 0 radical (unpaired) electrons. The molecule has 1 saturated heterocycles. The van der Waals surface area contributed by atoms with Crippen LogP contribution in [0.5, 0.6) is 0 Å². The molecule has 0 aromatic heterocycles. The molecule has 1 unspecified atom stereocenters. The standard InChI is InChI=1S/C36H52N6O5/c1-6-9-17-29(23-38-25(5)33(44)41-31(7-2)36(47)37-8-3)40-35(46)28-20-27(21-30(22-28)42-19-14-13-18-32(42)43)34(45)39-24(4)26-15-11-10-12-16-26/h10-12,15-16,20-22,24-25,29,31,38H,6-9,13-14,17-19,23H2,1-5H3,(H,37,47)(H,39,45)(H,40,46)(H,41,44)/t24-,25?,29+,31+/m1/s1. The molecular weight excluding hydrogens is 596 g/mol. The van der Waals surface area contributed by atoms with Gasteiger partial charge in [0.2, 0.25) is 17.7 Å². The van der Waals surface area contributed by atoms with E-state index in [1.807, 2.05) is 51.1 Å². The zero-order chi connectivity index (χ0) is 34.3. The van der Waals surface area contributed by atoms with Crippen LogP contribution < -0.4 is 31.5 Å². The Balaban J connectivity index is 1.78. The summed E-state index contributed by atoms with van der Waals surface area (Å²) in [6.45, 7) is 10.7. The lowest BCUT2D eigenvalue weighted by atomic mass is 10.0. The van der Waals surface area contributed by atoms with Gasteiger partial charge in [-0.15, -0.1) is 0 Å². The fourth-order valence-electron chi connectivity index (χ4n) is 5.52. The number of piperidine rings is 1. The number of nitrogens with zero attached hydrogens (tertiary/aromatic N) is 1. The van der Waals surface area contributed by atoms with Crippen molar-refractivity contribution in [2.24, 2.45) is 0 Å². The summed E-state index contributed by atoms with van der Waals surface area (Å²) in [6.07, 6.45) is 4.98. The molecule has 2 aromatic rings. The molecule has 0 spiro atoms. The fourth-order valence-corrected chi connectivity index (χ4v) is 5.52. The fraction of sp³-hybridized carbons (Fsp3) is 0.528. The van der Waals surface area contributed by atoms with E-state index in [9.17, 15) is 24.0 Å². The van der Waals surface area contributed by atoms with Crippen LogP contribution in [-0.2, 0) is 14.4 Å². The number of benzene rings is 2. The number of anilines is 1. The monoisotopic (exact) mass is 648 g/mol. The summed E-state index contributed by atoms with van der Waals surface area (Å²) in [6, 6.07) is 12.7. The van der Waals surface area contributed by atoms with E-state index in [1.165, 1.54) is 0 Å². The molecule has 47 heavy (non-hydrogen) atoms. The summed E-state index contributed by atoms with van der Waals surface area (Å²) >= 11 is 0. The molecule has 11 heteroatoms. The highest BCUT2D eigenvalue weighted by Gasteiger charge is 2.25. The summed E-state index contributed by atoms with van der Waals surface area (Å²) in [5.74, 6) is -1.28. The van der Waals surface area contributed by atoms with Gasteiger partial charge < -0.3 is 31.5 Å². The number of hydrogen-bond acceptors (Lipinski definition) is 6. The Hall–Kier alpha value is -4.25. The third kappa shape index (κ3) is 11.2. The first-order valence-corrected chi connectivity index (χ1v) is 17.0. The van der Waals surface area contributed by atoms with Crippen molar-refractivity contribution in [3.8, 4) is 0 Å². The van der Waals surface area contributed by atoms with Crippen LogP contribution in [0.1, 0.15) is 112 Å². The average Bonchev–Trinajstić information content (AvgIpc) is 3.08. The molecule has 1 aliphatic heterocycles. The highest BCUT2D eigenvalue weighted by molar-refractivity contribution is 6.03. The summed E-state index contributed by atoms with van der Waals surface area (Å²) in [4.78, 5) is 66.8. The number of nitrogens with one attached hydrogen (secondary N) is 5. The smallest absolute Gasteiger partial charge is 0.251 e. The van der Waals surface area contributed by atoms with Gasteiger partial charge in [-0.05, 0) is 70.2 Å². The van der Waals surface area contributed by atoms with Gasteiger partial charge in [-0.3, -0.25) is 24.0 Å². The van der Waals surface area contributed by atoms with Crippen molar-refractivity contribution >= 4 is 35.2 Å². The largest absolute Gasteiger partial charge is 0.355 e. The normalized spacial score (nSPS) is 15.6. The number of hydrogen-bond donors (Lipinski definition) is 5. The Kier molecular flexibility index (Phi) is 14.9. The second-order valence-electron chi connectivity index (χ2n) is 12.2. The molecule has 1 fully saturated rings. The predicted molar refractivity (Wildman–Crippen MR) is 184 cm³/mol. The number of carbonyl (C=O) groups excluding carboxylic acids is 5. The predicted octanol–water partition coefficient (Wildman–Crippen LogP) is 3.99. The Labute approximate surface area is 279 Å². The Bertz CT molecular complexity index is 1370. The van der Waals surface area contributed by atoms with Crippen LogP contribution in [-0.4, -0.2) is 67.3 Å². The zero-order valence-electron chi connectivity index (χ0n) is 28.5. The van der Waals surface area contributed by atoms with Gasteiger partial charge in [0.05, 0.1) is 12.1 Å². The summed E-state index contributed by atoms with van der Waals surface area (Å²) < 4.78 is 0. The van der Waals surface area contributed by atoms with E-state index < -0.39 is 12.1 Å². The Morgan fingerprint density at radius 3 is 2.15 bits per heavy atom. The lowest BCUT2D eigenvalue weighted by molar-refractivity contribution is -0.129. The maximum Gasteiger partial charge on any atom is 0.251 e. The minimum absolute atomic E-state index is 0.0346. The van der Waals surface area contributed by atoms with Gasteiger partial charge in [0.1, 0.15) is 6.04 Å². The first-order valence-electron chi connectivity index (χ1n) is 17.0. The zero-order valence-corrected chi connectivity index (χ0v) is 28.5. The molecule has 5 amide bonds. The topological polar surface area (TPSA) is 149 Å². The minimum atomic E-state index is -0.622. The first-order chi connectivity index (χ1) is 22.6. The first kappa shape index (κ1) is 37.2. The Morgan fingerprint density at radius 2 is 1.53 bits per heavy atom. The molecule has 2 aromatic carbocycles. The van der Waals surface area contributed by atoms with Crippen LogP contribution in [0.25, 0.3) is 0 Å². The van der Waals surface area contributed by atoms with Crippen molar-refractivity contribution in [2.45, 2.75) is 104 Å². The third-order valence-electron chi connectivity index (χ3n) is 8.42. The van der Waals surface area contributed by atoms with Crippen LogP contribution in [0.4, 0.5) is 5.69 Å². The van der Waals surface area contributed by atoms with Gasteiger partial charge in [-0.25, -0.2) is 0 Å². The van der Waals surface area contributed by atoms with Crippen molar-refractivity contribution in [1.29, 1.82) is 0 Å². The highest BCUT2D eigenvalue weighted by Crippen LogP contribution is 2.25. The van der Waals surface area contributed by atoms with Gasteiger partial charge in [-0.1, -0.05) is 57.0 Å². The van der Waals surface area contributed by atoms with E-state index in [2.05, 4.69) is 33.5 Å². The number of unbranched alkanes of at least 4 members (excludes halogenated alkanes) is 1. The SMILES string of the molecule is CCCC[C@@H](CNC(C)C(=O)N[C@@H](CC)C(=O)NCC)NC(=O)c1cc(C(=O)N[C@H](C)c2ccccc2)cc(N2CCCCC2=O)c1. The van der Waals surface area contributed by atoms with Gasteiger partial charge in [0.15, 0.2) is 0 Å². The quantitative estimate of drug-likeness (QED) is 0.175. The van der Waals surface area contributed by atoms with Gasteiger partial charge >= 0.3 is 0 Å². The number of likely N-dealkylation sites (N-methyl/N-ethyl adjacent to an activating group) is 1. The number of rotatable bonds is 17. The van der Waals surface area contributed by atoms with Gasteiger partial charge in [-0.2, -0.15) is 0 Å². The maximum atomic E-state index is 13.8. The van der Waals surface area contributed by atoms with Crippen LogP contribution in [0.2, 0.25) is 0 Å². The third-order valence-corrected chi connectivity index (χ3v) is 8.42. The van der Waals surface area contributed by atoms with Gasteiger partial charge in [0, 0.05) is 48.9 Å². The molecule has 4 atom stereocenters. The van der Waals surface area contributed by atoms with Crippen molar-refractivity contribution in [3.05, 3.63) is 65.2 Å². The van der Waals surface area contributed by atoms with Crippen molar-refractivity contribution in [1.82, 2.24) is 26.6 Å². The maximum absolute atomic E-state index is 13.8. The van der Waals surface area contributed by atoms with E-state index in [-0.39, 0.29) is 47.2 Å². The second-order valence-corrected chi connectivity index (χ2v) is 12.2. The van der Waals surface area contributed by atoms with E-state index in [0.29, 0.717) is 50.1 Å². The van der Waals surface area contributed by atoms with Crippen molar-refractivity contribution in [2.75, 3.05) is 24.5 Å². The Morgan fingerprint density at radius 1 is 0.851 bits per heavy atom.